The number of rotatable bonds is 5. The molecule has 1 saturated heterocycles. The molecule has 19 heavy (non-hydrogen) atoms. The van der Waals surface area contributed by atoms with Gasteiger partial charge in [0.2, 0.25) is 0 Å². The van der Waals surface area contributed by atoms with Crippen molar-refractivity contribution in [3.05, 3.63) is 0 Å². The third kappa shape index (κ3) is 4.75. The summed E-state index contributed by atoms with van der Waals surface area (Å²) in [6.07, 6.45) is 10.1. The molecule has 0 amide bonds. The van der Waals surface area contributed by atoms with Crippen molar-refractivity contribution in [2.45, 2.75) is 71.8 Å². The highest BCUT2D eigenvalue weighted by atomic mass is 15.1. The lowest BCUT2D eigenvalue weighted by Gasteiger charge is -2.43. The lowest BCUT2D eigenvalue weighted by molar-refractivity contribution is 0.0784. The third-order valence-corrected chi connectivity index (χ3v) is 5.23. The van der Waals surface area contributed by atoms with Crippen LogP contribution in [0.5, 0.6) is 0 Å². The Hall–Kier alpha value is -0.0800. The van der Waals surface area contributed by atoms with E-state index in [1.165, 1.54) is 71.1 Å². The lowest BCUT2D eigenvalue weighted by Crippen LogP contribution is -2.48. The van der Waals surface area contributed by atoms with E-state index in [9.17, 15) is 0 Å². The molecule has 112 valence electrons. The highest BCUT2D eigenvalue weighted by Gasteiger charge is 2.34. The first-order chi connectivity index (χ1) is 9.10. The van der Waals surface area contributed by atoms with Crippen molar-refractivity contribution in [3.63, 3.8) is 0 Å². The summed E-state index contributed by atoms with van der Waals surface area (Å²) in [4.78, 5) is 2.76. The first kappa shape index (κ1) is 15.3. The van der Waals surface area contributed by atoms with Crippen LogP contribution >= 0.6 is 0 Å². The molecule has 1 aliphatic heterocycles. The number of nitrogens with zero attached hydrogens (tertiary/aromatic N) is 1. The van der Waals surface area contributed by atoms with E-state index in [0.29, 0.717) is 11.5 Å². The predicted octanol–water partition coefficient (Wildman–Crippen LogP) is 3.67. The Balaban J connectivity index is 1.89. The van der Waals surface area contributed by atoms with E-state index >= 15 is 0 Å². The van der Waals surface area contributed by atoms with Gasteiger partial charge in [-0.25, -0.2) is 0 Å². The SMILES string of the molecule is CC1CCN(CC2(CNC(C)C)CCCCC2)CC1. The van der Waals surface area contributed by atoms with Crippen LogP contribution < -0.4 is 5.32 Å². The molecule has 2 rings (SSSR count). The quantitative estimate of drug-likeness (QED) is 0.817. The predicted molar refractivity (Wildman–Crippen MR) is 83.5 cm³/mol. The average Bonchev–Trinajstić information content (AvgIpc) is 2.41. The van der Waals surface area contributed by atoms with Crippen molar-refractivity contribution in [1.82, 2.24) is 10.2 Å². The monoisotopic (exact) mass is 266 g/mol. The Morgan fingerprint density at radius 1 is 1.11 bits per heavy atom. The summed E-state index contributed by atoms with van der Waals surface area (Å²) in [5, 5.41) is 3.73. The van der Waals surface area contributed by atoms with Crippen molar-refractivity contribution in [1.29, 1.82) is 0 Å². The molecule has 2 fully saturated rings. The minimum Gasteiger partial charge on any atom is -0.314 e. The standard InChI is InChI=1S/C17H34N2/c1-15(2)18-13-17(9-5-4-6-10-17)14-19-11-7-16(3)8-12-19/h15-16,18H,4-14H2,1-3H3. The Labute approximate surface area is 120 Å². The molecule has 0 radical (unpaired) electrons. The molecule has 2 heteroatoms. The second kappa shape index (κ2) is 7.08. The first-order valence-corrected chi connectivity index (χ1v) is 8.55. The molecule has 2 nitrogen and oxygen atoms in total. The fourth-order valence-electron chi connectivity index (χ4n) is 3.81. The normalized spacial score (nSPS) is 25.9. The van der Waals surface area contributed by atoms with Gasteiger partial charge in [-0.3, -0.25) is 0 Å². The summed E-state index contributed by atoms with van der Waals surface area (Å²) < 4.78 is 0. The average molecular weight is 266 g/mol. The van der Waals surface area contributed by atoms with Crippen LogP contribution in [0.15, 0.2) is 0 Å². The van der Waals surface area contributed by atoms with Gasteiger partial charge in [-0.2, -0.15) is 0 Å². The molecular weight excluding hydrogens is 232 g/mol. The van der Waals surface area contributed by atoms with Gasteiger partial charge >= 0.3 is 0 Å². The molecule has 0 spiro atoms. The van der Waals surface area contributed by atoms with Gasteiger partial charge in [0.25, 0.3) is 0 Å². The van der Waals surface area contributed by atoms with Gasteiger partial charge in [-0.05, 0) is 50.1 Å². The highest BCUT2D eigenvalue weighted by Crippen LogP contribution is 2.37. The Bertz CT molecular complexity index is 248. The van der Waals surface area contributed by atoms with Crippen molar-refractivity contribution in [3.8, 4) is 0 Å². The Kier molecular flexibility index (Phi) is 5.70. The van der Waals surface area contributed by atoms with Gasteiger partial charge in [0.05, 0.1) is 0 Å². The van der Waals surface area contributed by atoms with Gasteiger partial charge in [0, 0.05) is 19.1 Å². The van der Waals surface area contributed by atoms with E-state index in [-0.39, 0.29) is 0 Å². The minimum absolute atomic E-state index is 0.573. The highest BCUT2D eigenvalue weighted by molar-refractivity contribution is 4.89. The number of likely N-dealkylation sites (tertiary alicyclic amines) is 1. The van der Waals surface area contributed by atoms with Crippen LogP contribution in [0.25, 0.3) is 0 Å². The molecule has 0 bridgehead atoms. The van der Waals surface area contributed by atoms with Gasteiger partial charge in [-0.15, -0.1) is 0 Å². The minimum atomic E-state index is 0.573. The second-order valence-electron chi connectivity index (χ2n) is 7.55. The van der Waals surface area contributed by atoms with E-state index < -0.39 is 0 Å². The molecule has 1 saturated carbocycles. The van der Waals surface area contributed by atoms with Gasteiger partial charge in [-0.1, -0.05) is 40.0 Å². The molecule has 0 aromatic heterocycles. The van der Waals surface area contributed by atoms with Crippen molar-refractivity contribution in [2.75, 3.05) is 26.2 Å². The second-order valence-corrected chi connectivity index (χ2v) is 7.55. The zero-order valence-electron chi connectivity index (χ0n) is 13.4. The summed E-state index contributed by atoms with van der Waals surface area (Å²) in [5.41, 5.74) is 0.573. The van der Waals surface area contributed by atoms with Crippen molar-refractivity contribution >= 4 is 0 Å². The first-order valence-electron chi connectivity index (χ1n) is 8.55. The molecule has 1 aliphatic carbocycles. The Morgan fingerprint density at radius 2 is 1.74 bits per heavy atom. The Morgan fingerprint density at radius 3 is 2.32 bits per heavy atom. The number of piperidine rings is 1. The van der Waals surface area contributed by atoms with Crippen LogP contribution in [0.3, 0.4) is 0 Å². The van der Waals surface area contributed by atoms with Crippen LogP contribution in [0, 0.1) is 11.3 Å². The maximum absolute atomic E-state index is 3.73. The lowest BCUT2D eigenvalue weighted by atomic mass is 9.73. The van der Waals surface area contributed by atoms with Crippen molar-refractivity contribution < 1.29 is 0 Å². The van der Waals surface area contributed by atoms with E-state index in [4.69, 9.17) is 0 Å². The maximum atomic E-state index is 3.73. The van der Waals surface area contributed by atoms with Crippen molar-refractivity contribution in [2.24, 2.45) is 11.3 Å². The summed E-state index contributed by atoms with van der Waals surface area (Å²) in [7, 11) is 0. The summed E-state index contributed by atoms with van der Waals surface area (Å²) >= 11 is 0. The smallest absolute Gasteiger partial charge is 0.00501 e. The fourth-order valence-corrected chi connectivity index (χ4v) is 3.81. The van der Waals surface area contributed by atoms with Gasteiger partial charge in [0.15, 0.2) is 0 Å². The van der Waals surface area contributed by atoms with Crippen LogP contribution in [-0.2, 0) is 0 Å². The van der Waals surface area contributed by atoms with E-state index in [1.54, 1.807) is 0 Å². The summed E-state index contributed by atoms with van der Waals surface area (Å²) in [6.45, 7) is 12.2. The van der Waals surface area contributed by atoms with Crippen LogP contribution in [-0.4, -0.2) is 37.1 Å². The molecular formula is C17H34N2. The maximum Gasteiger partial charge on any atom is 0.00501 e. The fraction of sp³-hybridized carbons (Fsp3) is 1.00. The third-order valence-electron chi connectivity index (χ3n) is 5.23. The van der Waals surface area contributed by atoms with E-state index in [2.05, 4.69) is 31.0 Å². The summed E-state index contributed by atoms with van der Waals surface area (Å²) in [5.74, 6) is 0.951. The number of hydrogen-bond donors (Lipinski definition) is 1. The molecule has 1 N–H and O–H groups in total. The molecule has 0 unspecified atom stereocenters. The molecule has 0 atom stereocenters. The van der Waals surface area contributed by atoms with E-state index in [1.807, 2.05) is 0 Å². The van der Waals surface area contributed by atoms with E-state index in [0.717, 1.165) is 5.92 Å². The van der Waals surface area contributed by atoms with Crippen LogP contribution in [0.1, 0.15) is 65.7 Å². The topological polar surface area (TPSA) is 15.3 Å². The zero-order chi connectivity index (χ0) is 13.7. The molecule has 2 aliphatic rings. The largest absolute Gasteiger partial charge is 0.314 e. The molecule has 1 heterocycles. The van der Waals surface area contributed by atoms with Crippen LogP contribution in [0.4, 0.5) is 0 Å². The molecule has 0 aromatic carbocycles. The van der Waals surface area contributed by atoms with Gasteiger partial charge < -0.3 is 10.2 Å². The van der Waals surface area contributed by atoms with Crippen LogP contribution in [0.2, 0.25) is 0 Å². The number of nitrogens with one attached hydrogen (secondary N) is 1. The summed E-state index contributed by atoms with van der Waals surface area (Å²) in [6, 6.07) is 0.625. The van der Waals surface area contributed by atoms with Gasteiger partial charge in [0.1, 0.15) is 0 Å². The molecule has 0 aromatic rings. The number of hydrogen-bond acceptors (Lipinski definition) is 2. The zero-order valence-corrected chi connectivity index (χ0v) is 13.4.